The van der Waals surface area contributed by atoms with Crippen molar-refractivity contribution in [3.8, 4) is 0 Å². The lowest BCUT2D eigenvalue weighted by Gasteiger charge is -2.24. The van der Waals surface area contributed by atoms with Gasteiger partial charge in [-0.25, -0.2) is 0 Å². The Labute approximate surface area is 116 Å². The molecule has 0 amide bonds. The fourth-order valence-electron chi connectivity index (χ4n) is 2.95. The lowest BCUT2D eigenvalue weighted by atomic mass is 9.90. The van der Waals surface area contributed by atoms with E-state index in [1.807, 2.05) is 25.2 Å². The molecular weight excluding hydrogens is 254 g/mol. The maximum atomic E-state index is 11.4. The molecule has 1 aliphatic rings. The predicted molar refractivity (Wildman–Crippen MR) is 78.9 cm³/mol. The SMILES string of the molecule is CNC(c1ccc2[nH]c(=O)c(=O)[nH]c2c1)C(C)C1CC1. The summed E-state index contributed by atoms with van der Waals surface area (Å²) in [5.41, 5.74) is 1.26. The van der Waals surface area contributed by atoms with Gasteiger partial charge in [-0.05, 0) is 49.4 Å². The van der Waals surface area contributed by atoms with Crippen molar-refractivity contribution >= 4 is 11.0 Å². The van der Waals surface area contributed by atoms with Crippen LogP contribution >= 0.6 is 0 Å². The molecule has 2 aromatic rings. The number of aromatic amines is 2. The van der Waals surface area contributed by atoms with Crippen molar-refractivity contribution in [1.29, 1.82) is 0 Å². The molecule has 2 unspecified atom stereocenters. The second kappa shape index (κ2) is 4.90. The average Bonchev–Trinajstić information content (AvgIpc) is 3.25. The Morgan fingerprint density at radius 1 is 1.15 bits per heavy atom. The molecule has 1 aromatic carbocycles. The molecule has 1 aromatic heterocycles. The summed E-state index contributed by atoms with van der Waals surface area (Å²) >= 11 is 0. The van der Waals surface area contributed by atoms with Crippen LogP contribution in [0.1, 0.15) is 31.4 Å². The molecule has 1 heterocycles. The van der Waals surface area contributed by atoms with Crippen LogP contribution in [0.15, 0.2) is 27.8 Å². The normalized spacial score (nSPS) is 18.1. The number of aromatic nitrogens is 2. The van der Waals surface area contributed by atoms with Crippen molar-refractivity contribution in [3.63, 3.8) is 0 Å². The van der Waals surface area contributed by atoms with Crippen LogP contribution in [0.3, 0.4) is 0 Å². The van der Waals surface area contributed by atoms with Crippen molar-refractivity contribution in [2.75, 3.05) is 7.05 Å². The van der Waals surface area contributed by atoms with Crippen LogP contribution in [0.4, 0.5) is 0 Å². The first kappa shape index (κ1) is 13.1. The summed E-state index contributed by atoms with van der Waals surface area (Å²) in [6.45, 7) is 2.26. The predicted octanol–water partition coefficient (Wildman–Crippen LogP) is 1.52. The zero-order valence-electron chi connectivity index (χ0n) is 11.7. The van der Waals surface area contributed by atoms with Crippen LogP contribution in [-0.4, -0.2) is 17.0 Å². The van der Waals surface area contributed by atoms with Gasteiger partial charge in [-0.1, -0.05) is 13.0 Å². The summed E-state index contributed by atoms with van der Waals surface area (Å²) in [7, 11) is 1.96. The molecule has 0 aliphatic heterocycles. The molecule has 1 aliphatic carbocycles. The minimum absolute atomic E-state index is 0.266. The third-order valence-electron chi connectivity index (χ3n) is 4.31. The maximum absolute atomic E-state index is 11.4. The molecule has 1 saturated carbocycles. The molecule has 106 valence electrons. The lowest BCUT2D eigenvalue weighted by Crippen LogP contribution is -2.29. The molecule has 0 bridgehead atoms. The number of nitrogens with one attached hydrogen (secondary N) is 3. The first-order valence-electron chi connectivity index (χ1n) is 7.03. The van der Waals surface area contributed by atoms with Gasteiger partial charge in [0, 0.05) is 6.04 Å². The number of H-pyrrole nitrogens is 2. The number of benzene rings is 1. The highest BCUT2D eigenvalue weighted by molar-refractivity contribution is 5.74. The van der Waals surface area contributed by atoms with E-state index in [2.05, 4.69) is 22.2 Å². The van der Waals surface area contributed by atoms with Gasteiger partial charge in [0.05, 0.1) is 11.0 Å². The third-order valence-corrected chi connectivity index (χ3v) is 4.31. The summed E-state index contributed by atoms with van der Waals surface area (Å²) in [4.78, 5) is 27.9. The fraction of sp³-hybridized carbons (Fsp3) is 0.467. The summed E-state index contributed by atoms with van der Waals surface area (Å²) in [6.07, 6.45) is 2.61. The van der Waals surface area contributed by atoms with Crippen LogP contribution in [0.2, 0.25) is 0 Å². The zero-order chi connectivity index (χ0) is 14.3. The topological polar surface area (TPSA) is 77.8 Å². The summed E-state index contributed by atoms with van der Waals surface area (Å²) in [5.74, 6) is 1.35. The van der Waals surface area contributed by atoms with E-state index >= 15 is 0 Å². The molecule has 3 N–H and O–H groups in total. The van der Waals surface area contributed by atoms with Gasteiger partial charge in [-0.15, -0.1) is 0 Å². The molecule has 3 rings (SSSR count). The molecular formula is C15H19N3O2. The van der Waals surface area contributed by atoms with E-state index < -0.39 is 11.1 Å². The number of fused-ring (bicyclic) bond motifs is 1. The van der Waals surface area contributed by atoms with E-state index in [-0.39, 0.29) is 6.04 Å². The second-order valence-corrected chi connectivity index (χ2v) is 5.68. The molecule has 0 spiro atoms. The van der Waals surface area contributed by atoms with E-state index in [0.29, 0.717) is 17.0 Å². The molecule has 2 atom stereocenters. The monoisotopic (exact) mass is 273 g/mol. The van der Waals surface area contributed by atoms with Crippen LogP contribution < -0.4 is 16.4 Å². The van der Waals surface area contributed by atoms with Gasteiger partial charge in [0.1, 0.15) is 0 Å². The Morgan fingerprint density at radius 2 is 1.80 bits per heavy atom. The van der Waals surface area contributed by atoms with E-state index in [1.54, 1.807) is 0 Å². The Bertz CT molecular complexity index is 743. The van der Waals surface area contributed by atoms with E-state index in [1.165, 1.54) is 12.8 Å². The van der Waals surface area contributed by atoms with Crippen LogP contribution in [0, 0.1) is 11.8 Å². The van der Waals surface area contributed by atoms with E-state index in [9.17, 15) is 9.59 Å². The first-order valence-corrected chi connectivity index (χ1v) is 7.03. The van der Waals surface area contributed by atoms with Gasteiger partial charge in [0.25, 0.3) is 0 Å². The summed E-state index contributed by atoms with van der Waals surface area (Å²) in [5, 5.41) is 3.37. The van der Waals surface area contributed by atoms with Crippen LogP contribution in [-0.2, 0) is 0 Å². The fourth-order valence-corrected chi connectivity index (χ4v) is 2.95. The first-order chi connectivity index (χ1) is 9.60. The third kappa shape index (κ3) is 2.29. The molecule has 5 heteroatoms. The minimum Gasteiger partial charge on any atom is -0.316 e. The van der Waals surface area contributed by atoms with Gasteiger partial charge in [-0.3, -0.25) is 9.59 Å². The Balaban J connectivity index is 2.04. The molecule has 0 saturated heterocycles. The van der Waals surface area contributed by atoms with E-state index in [0.717, 1.165) is 11.5 Å². The van der Waals surface area contributed by atoms with E-state index in [4.69, 9.17) is 0 Å². The van der Waals surface area contributed by atoms with Crippen LogP contribution in [0.5, 0.6) is 0 Å². The number of hydrogen-bond acceptors (Lipinski definition) is 3. The molecule has 0 radical (unpaired) electrons. The van der Waals surface area contributed by atoms with Crippen LogP contribution in [0.25, 0.3) is 11.0 Å². The Hall–Kier alpha value is -1.88. The van der Waals surface area contributed by atoms with Crippen molar-refractivity contribution in [3.05, 3.63) is 44.5 Å². The van der Waals surface area contributed by atoms with Crippen molar-refractivity contribution < 1.29 is 0 Å². The highest BCUT2D eigenvalue weighted by atomic mass is 16.2. The minimum atomic E-state index is -0.609. The van der Waals surface area contributed by atoms with Gasteiger partial charge >= 0.3 is 11.1 Å². The van der Waals surface area contributed by atoms with Gasteiger partial charge in [-0.2, -0.15) is 0 Å². The Morgan fingerprint density at radius 3 is 2.40 bits per heavy atom. The van der Waals surface area contributed by atoms with Crippen molar-refractivity contribution in [1.82, 2.24) is 15.3 Å². The molecule has 20 heavy (non-hydrogen) atoms. The highest BCUT2D eigenvalue weighted by Crippen LogP contribution is 2.42. The standard InChI is InChI=1S/C15H19N3O2/c1-8(9-3-4-9)13(16-2)10-5-6-11-12(7-10)18-15(20)14(19)17-11/h5-9,13,16H,3-4H2,1-2H3,(H,17,19)(H,18,20). The number of hydrogen-bond donors (Lipinski definition) is 3. The second-order valence-electron chi connectivity index (χ2n) is 5.68. The maximum Gasteiger partial charge on any atom is 0.314 e. The largest absolute Gasteiger partial charge is 0.316 e. The molecule has 5 nitrogen and oxygen atoms in total. The average molecular weight is 273 g/mol. The van der Waals surface area contributed by atoms with Crippen molar-refractivity contribution in [2.24, 2.45) is 11.8 Å². The lowest BCUT2D eigenvalue weighted by molar-refractivity contribution is 0.369. The summed E-state index contributed by atoms with van der Waals surface area (Å²) < 4.78 is 0. The zero-order valence-corrected chi connectivity index (χ0v) is 11.7. The number of rotatable bonds is 4. The highest BCUT2D eigenvalue weighted by Gasteiger charge is 2.33. The summed E-state index contributed by atoms with van der Waals surface area (Å²) in [6, 6.07) is 6.08. The quantitative estimate of drug-likeness (QED) is 0.739. The Kier molecular flexibility index (Phi) is 3.22. The smallest absolute Gasteiger partial charge is 0.314 e. The van der Waals surface area contributed by atoms with Gasteiger partial charge < -0.3 is 15.3 Å². The van der Waals surface area contributed by atoms with Crippen molar-refractivity contribution in [2.45, 2.75) is 25.8 Å². The van der Waals surface area contributed by atoms with Gasteiger partial charge in [0.15, 0.2) is 0 Å². The molecule has 1 fully saturated rings. The van der Waals surface area contributed by atoms with Gasteiger partial charge in [0.2, 0.25) is 0 Å².